The van der Waals surface area contributed by atoms with Crippen LogP contribution >= 0.6 is 0 Å². The minimum absolute atomic E-state index is 0.156. The number of fused-ring (bicyclic) bond motifs is 5. The Hall–Kier alpha value is -2.49. The number of rotatable bonds is 2. The molecule has 31 heavy (non-hydrogen) atoms. The van der Waals surface area contributed by atoms with Crippen LogP contribution in [0.4, 0.5) is 18.9 Å². The number of benzene rings is 1. The highest BCUT2D eigenvalue weighted by Crippen LogP contribution is 2.56. The lowest BCUT2D eigenvalue weighted by molar-refractivity contribution is -0.157. The quantitative estimate of drug-likeness (QED) is 0.623. The van der Waals surface area contributed by atoms with E-state index >= 15 is 0 Å². The molecule has 2 bridgehead atoms. The molecule has 3 heterocycles. The van der Waals surface area contributed by atoms with Crippen LogP contribution in [0.25, 0.3) is 0 Å². The number of amides is 2. The molecular formula is C19H18F3N3O5S. The number of halogens is 3. The van der Waals surface area contributed by atoms with E-state index in [1.807, 2.05) is 0 Å². The van der Waals surface area contributed by atoms with Crippen LogP contribution in [-0.4, -0.2) is 55.1 Å². The van der Waals surface area contributed by atoms with Crippen LogP contribution in [0.2, 0.25) is 0 Å². The number of carbonyl (C=O) groups excluding carboxylic acids is 2. The SMILES string of the molecule is CC12CN(S(C)(=O)=O)CC(C)(O1)C1C(=O)N(c3ccc(C#N)c(C(F)(F)F)c3)C(=O)C12. The van der Waals surface area contributed by atoms with Crippen molar-refractivity contribution in [2.24, 2.45) is 11.8 Å². The molecular weight excluding hydrogens is 439 g/mol. The van der Waals surface area contributed by atoms with Crippen molar-refractivity contribution >= 4 is 27.5 Å². The third kappa shape index (κ3) is 3.06. The molecule has 0 N–H and O–H groups in total. The highest BCUT2D eigenvalue weighted by atomic mass is 32.2. The second-order valence-corrected chi connectivity index (χ2v) is 10.5. The highest BCUT2D eigenvalue weighted by Gasteiger charge is 2.72. The first-order valence-corrected chi connectivity index (χ1v) is 11.1. The van der Waals surface area contributed by atoms with E-state index < -0.39 is 62.2 Å². The van der Waals surface area contributed by atoms with Gasteiger partial charge in [-0.15, -0.1) is 0 Å². The Morgan fingerprint density at radius 2 is 1.65 bits per heavy atom. The minimum Gasteiger partial charge on any atom is -0.365 e. The number of nitriles is 1. The second kappa shape index (κ2) is 6.27. The van der Waals surface area contributed by atoms with Crippen molar-refractivity contribution in [1.29, 1.82) is 5.26 Å². The Labute approximate surface area is 176 Å². The van der Waals surface area contributed by atoms with E-state index in [4.69, 9.17) is 10.00 Å². The van der Waals surface area contributed by atoms with Crippen molar-refractivity contribution in [3.05, 3.63) is 29.3 Å². The van der Waals surface area contributed by atoms with Crippen LogP contribution in [0, 0.1) is 23.2 Å². The van der Waals surface area contributed by atoms with Gasteiger partial charge < -0.3 is 4.74 Å². The number of ether oxygens (including phenoxy) is 1. The van der Waals surface area contributed by atoms with Gasteiger partial charge in [-0.1, -0.05) is 0 Å². The summed E-state index contributed by atoms with van der Waals surface area (Å²) in [5, 5.41) is 8.97. The van der Waals surface area contributed by atoms with Gasteiger partial charge in [0.15, 0.2) is 0 Å². The smallest absolute Gasteiger partial charge is 0.365 e. The predicted molar refractivity (Wildman–Crippen MR) is 99.9 cm³/mol. The summed E-state index contributed by atoms with van der Waals surface area (Å²) in [6.45, 7) is 2.75. The van der Waals surface area contributed by atoms with Crippen LogP contribution < -0.4 is 4.90 Å². The molecule has 3 aliphatic rings. The number of hydrogen-bond donors (Lipinski definition) is 0. The normalized spacial score (nSPS) is 33.5. The maximum atomic E-state index is 13.4. The summed E-state index contributed by atoms with van der Waals surface area (Å²) in [5.74, 6) is -3.62. The van der Waals surface area contributed by atoms with Crippen LogP contribution in [-0.2, 0) is 30.5 Å². The van der Waals surface area contributed by atoms with Crippen LogP contribution in [0.1, 0.15) is 25.0 Å². The van der Waals surface area contributed by atoms with E-state index in [2.05, 4.69) is 0 Å². The number of sulfonamides is 1. The van der Waals surface area contributed by atoms with Gasteiger partial charge in [0.1, 0.15) is 0 Å². The number of imide groups is 1. The molecule has 2 amide bonds. The summed E-state index contributed by atoms with van der Waals surface area (Å²) in [7, 11) is -3.63. The Morgan fingerprint density at radius 1 is 1.13 bits per heavy atom. The minimum atomic E-state index is -4.85. The third-order valence-corrected chi connectivity index (χ3v) is 7.42. The molecule has 3 aliphatic heterocycles. The van der Waals surface area contributed by atoms with E-state index in [1.165, 1.54) is 19.9 Å². The number of hydrogen-bond acceptors (Lipinski definition) is 6. The second-order valence-electron chi connectivity index (χ2n) is 8.57. The summed E-state index contributed by atoms with van der Waals surface area (Å²) >= 11 is 0. The summed E-state index contributed by atoms with van der Waals surface area (Å²) in [6, 6.07) is 4.10. The summed E-state index contributed by atoms with van der Waals surface area (Å²) in [5.41, 5.74) is -4.80. The van der Waals surface area contributed by atoms with Crippen molar-refractivity contribution in [2.75, 3.05) is 24.2 Å². The van der Waals surface area contributed by atoms with Gasteiger partial charge in [-0.3, -0.25) is 9.59 Å². The van der Waals surface area contributed by atoms with Gasteiger partial charge in [-0.2, -0.15) is 22.7 Å². The molecule has 3 fully saturated rings. The van der Waals surface area contributed by atoms with Crippen molar-refractivity contribution in [1.82, 2.24) is 4.31 Å². The maximum absolute atomic E-state index is 13.4. The summed E-state index contributed by atoms with van der Waals surface area (Å²) in [4.78, 5) is 27.2. The Balaban J connectivity index is 1.79. The topological polar surface area (TPSA) is 108 Å². The van der Waals surface area contributed by atoms with Crippen molar-refractivity contribution in [3.8, 4) is 6.07 Å². The molecule has 4 rings (SSSR count). The molecule has 166 valence electrons. The fourth-order valence-electron chi connectivity index (χ4n) is 5.07. The van der Waals surface area contributed by atoms with Gasteiger partial charge in [0.25, 0.3) is 0 Å². The van der Waals surface area contributed by atoms with Crippen LogP contribution in [0.3, 0.4) is 0 Å². The standard InChI is InChI=1S/C19H18F3N3O5S/c1-17-8-24(31(3,28)29)9-18(2,30-17)14-13(17)15(26)25(16(14)27)11-5-4-10(7-23)12(6-11)19(20,21)22/h4-6,13-14H,8-9H2,1-3H3. The van der Waals surface area contributed by atoms with E-state index in [0.717, 1.165) is 22.7 Å². The lowest BCUT2D eigenvalue weighted by atomic mass is 9.79. The van der Waals surface area contributed by atoms with Gasteiger partial charge in [0.05, 0.1) is 52.2 Å². The Morgan fingerprint density at radius 3 is 2.06 bits per heavy atom. The molecule has 0 aliphatic carbocycles. The van der Waals surface area contributed by atoms with Gasteiger partial charge in [0.2, 0.25) is 21.8 Å². The monoisotopic (exact) mass is 457 g/mol. The fourth-order valence-corrected chi connectivity index (χ4v) is 6.05. The molecule has 12 heteroatoms. The molecule has 0 saturated carbocycles. The zero-order valence-corrected chi connectivity index (χ0v) is 17.5. The molecule has 4 unspecified atom stereocenters. The fraction of sp³-hybridized carbons (Fsp3) is 0.526. The Kier molecular flexibility index (Phi) is 4.40. The van der Waals surface area contributed by atoms with E-state index in [9.17, 15) is 31.2 Å². The van der Waals surface area contributed by atoms with Crippen molar-refractivity contribution in [2.45, 2.75) is 31.2 Å². The first-order chi connectivity index (χ1) is 14.1. The number of morpholine rings is 1. The van der Waals surface area contributed by atoms with Crippen LogP contribution in [0.5, 0.6) is 0 Å². The molecule has 1 aromatic carbocycles. The molecule has 4 atom stereocenters. The largest absolute Gasteiger partial charge is 0.417 e. The summed E-state index contributed by atoms with van der Waals surface area (Å²) in [6.07, 6.45) is -3.83. The van der Waals surface area contributed by atoms with Gasteiger partial charge in [-0.25, -0.2) is 13.3 Å². The molecule has 0 aromatic heterocycles. The van der Waals surface area contributed by atoms with Gasteiger partial charge >= 0.3 is 6.18 Å². The summed E-state index contributed by atoms with van der Waals surface area (Å²) < 4.78 is 71.5. The number of carbonyl (C=O) groups is 2. The predicted octanol–water partition coefficient (Wildman–Crippen LogP) is 1.51. The van der Waals surface area contributed by atoms with E-state index in [0.29, 0.717) is 11.0 Å². The molecule has 0 spiro atoms. The number of anilines is 1. The average Bonchev–Trinajstić information content (AvgIpc) is 2.99. The first-order valence-electron chi connectivity index (χ1n) is 9.27. The molecule has 1 aromatic rings. The molecule has 8 nitrogen and oxygen atoms in total. The van der Waals surface area contributed by atoms with E-state index in [-0.39, 0.29) is 18.8 Å². The Bertz CT molecular complexity index is 1130. The number of nitrogens with zero attached hydrogens (tertiary/aromatic N) is 3. The first kappa shape index (κ1) is 21.7. The third-order valence-electron chi connectivity index (χ3n) is 6.23. The molecule has 3 saturated heterocycles. The lowest BCUT2D eigenvalue weighted by Gasteiger charge is -2.43. The lowest BCUT2D eigenvalue weighted by Crippen LogP contribution is -2.59. The van der Waals surface area contributed by atoms with E-state index in [1.54, 1.807) is 0 Å². The average molecular weight is 457 g/mol. The van der Waals surface area contributed by atoms with Crippen molar-refractivity contribution in [3.63, 3.8) is 0 Å². The zero-order chi connectivity index (χ0) is 23.1. The van der Waals surface area contributed by atoms with Gasteiger partial charge in [0, 0.05) is 13.1 Å². The van der Waals surface area contributed by atoms with Gasteiger partial charge in [-0.05, 0) is 32.0 Å². The highest BCUT2D eigenvalue weighted by molar-refractivity contribution is 7.88. The maximum Gasteiger partial charge on any atom is 0.417 e. The number of alkyl halides is 3. The van der Waals surface area contributed by atoms with Crippen LogP contribution in [0.15, 0.2) is 18.2 Å². The van der Waals surface area contributed by atoms with Crippen molar-refractivity contribution < 1.29 is 35.9 Å². The zero-order valence-electron chi connectivity index (χ0n) is 16.7. The molecule has 0 radical (unpaired) electrons.